The molecule has 0 aliphatic heterocycles. The molecular formula is C46H30N2Se. The van der Waals surface area contributed by atoms with Gasteiger partial charge in [0.25, 0.3) is 0 Å². The predicted octanol–water partition coefficient (Wildman–Crippen LogP) is 12.4. The molecule has 49 heavy (non-hydrogen) atoms. The number of benzene rings is 8. The van der Waals surface area contributed by atoms with Crippen LogP contribution in [0.1, 0.15) is 0 Å². The molecular weight excluding hydrogens is 659 g/mol. The van der Waals surface area contributed by atoms with Crippen molar-refractivity contribution >= 4 is 83.4 Å². The first-order valence-electron chi connectivity index (χ1n) is 16.7. The molecule has 2 heterocycles. The molecule has 3 heteroatoms. The Bertz CT molecular complexity index is 2840. The molecule has 10 rings (SSSR count). The van der Waals surface area contributed by atoms with E-state index < -0.39 is 0 Å². The van der Waals surface area contributed by atoms with Crippen LogP contribution in [0.3, 0.4) is 0 Å². The molecule has 0 N–H and O–H groups in total. The molecule has 10 aromatic rings. The zero-order valence-electron chi connectivity index (χ0n) is 26.6. The fourth-order valence-electron chi connectivity index (χ4n) is 7.51. The Hall–Kier alpha value is -5.86. The van der Waals surface area contributed by atoms with E-state index in [1.54, 1.807) is 0 Å². The number of anilines is 3. The van der Waals surface area contributed by atoms with Crippen LogP contribution in [0.15, 0.2) is 182 Å². The molecule has 0 aliphatic carbocycles. The average molecular weight is 690 g/mol. The van der Waals surface area contributed by atoms with Gasteiger partial charge in [-0.1, -0.05) is 24.3 Å². The van der Waals surface area contributed by atoms with Crippen molar-refractivity contribution in [3.8, 4) is 16.8 Å². The van der Waals surface area contributed by atoms with Crippen molar-refractivity contribution < 1.29 is 0 Å². The average Bonchev–Trinajstić information content (AvgIpc) is 3.71. The minimum atomic E-state index is 0.316. The summed E-state index contributed by atoms with van der Waals surface area (Å²) in [6, 6.07) is 66.7. The van der Waals surface area contributed by atoms with Gasteiger partial charge in [0.2, 0.25) is 0 Å². The van der Waals surface area contributed by atoms with Crippen LogP contribution in [0.4, 0.5) is 17.1 Å². The quantitative estimate of drug-likeness (QED) is 0.163. The summed E-state index contributed by atoms with van der Waals surface area (Å²) in [5, 5.41) is 7.69. The standard InChI is InChI=1S/C46H30N2Se/c1-2-14-34(15-3-1)48-43-20-10-7-17-38(43)40-29-35(24-26-44(40)48)47(36-25-27-46-41(30-36)39-18-8-11-21-45(39)49-46)42-19-9-6-16-37(42)33-23-22-31-12-4-5-13-32(31)28-33/h1-30H. The second kappa shape index (κ2) is 11.4. The van der Waals surface area contributed by atoms with Crippen molar-refractivity contribution in [1.29, 1.82) is 0 Å². The summed E-state index contributed by atoms with van der Waals surface area (Å²) in [5.74, 6) is 0. The molecule has 0 radical (unpaired) electrons. The van der Waals surface area contributed by atoms with E-state index >= 15 is 0 Å². The van der Waals surface area contributed by atoms with Gasteiger partial charge in [-0.05, 0) is 0 Å². The van der Waals surface area contributed by atoms with Crippen LogP contribution in [0.2, 0.25) is 0 Å². The summed E-state index contributed by atoms with van der Waals surface area (Å²) in [4.78, 5) is 2.47. The van der Waals surface area contributed by atoms with Crippen molar-refractivity contribution in [3.05, 3.63) is 182 Å². The summed E-state index contributed by atoms with van der Waals surface area (Å²) in [6.07, 6.45) is 0. The fourth-order valence-corrected chi connectivity index (χ4v) is 9.78. The van der Waals surface area contributed by atoms with E-state index in [0.29, 0.717) is 14.5 Å². The van der Waals surface area contributed by atoms with E-state index in [1.165, 1.54) is 68.7 Å². The fraction of sp³-hybridized carbons (Fsp3) is 0. The van der Waals surface area contributed by atoms with E-state index in [1.807, 2.05) is 0 Å². The first kappa shape index (κ1) is 28.2. The van der Waals surface area contributed by atoms with Gasteiger partial charge in [-0.25, -0.2) is 0 Å². The Morgan fingerprint density at radius 3 is 1.96 bits per heavy atom. The number of fused-ring (bicyclic) bond motifs is 7. The molecule has 230 valence electrons. The smallest absolute Gasteiger partial charge is 0.0602 e. The summed E-state index contributed by atoms with van der Waals surface area (Å²) in [6.45, 7) is 0. The van der Waals surface area contributed by atoms with Crippen LogP contribution in [0.5, 0.6) is 0 Å². The Labute approximate surface area is 290 Å². The molecule has 0 atom stereocenters. The molecule has 0 bridgehead atoms. The van der Waals surface area contributed by atoms with E-state index in [4.69, 9.17) is 0 Å². The molecule has 0 amide bonds. The van der Waals surface area contributed by atoms with Gasteiger partial charge in [0.05, 0.1) is 0 Å². The number of hydrogen-bond acceptors (Lipinski definition) is 1. The summed E-state index contributed by atoms with van der Waals surface area (Å²) < 4.78 is 5.29. The first-order chi connectivity index (χ1) is 24.3. The van der Waals surface area contributed by atoms with Crippen LogP contribution in [0, 0.1) is 0 Å². The molecule has 2 aromatic heterocycles. The normalized spacial score (nSPS) is 11.7. The molecule has 8 aromatic carbocycles. The van der Waals surface area contributed by atoms with E-state index in [0.717, 1.165) is 17.1 Å². The zero-order chi connectivity index (χ0) is 32.3. The maximum atomic E-state index is 2.47. The SMILES string of the molecule is c1ccc(-n2c3ccccc3c3cc(N(c4ccc5[se]c6ccccc6c5c4)c4ccccc4-c4ccc5ccccc5c4)ccc32)cc1. The third kappa shape index (κ3) is 4.63. The Kier molecular flexibility index (Phi) is 6.55. The van der Waals surface area contributed by atoms with Gasteiger partial charge >= 0.3 is 267 Å². The molecule has 0 aliphatic rings. The van der Waals surface area contributed by atoms with E-state index in [9.17, 15) is 0 Å². The minimum absolute atomic E-state index is 0.316. The zero-order valence-corrected chi connectivity index (χ0v) is 28.3. The van der Waals surface area contributed by atoms with Crippen LogP contribution >= 0.6 is 0 Å². The maximum absolute atomic E-state index is 2.47. The monoisotopic (exact) mass is 690 g/mol. The predicted molar refractivity (Wildman–Crippen MR) is 210 cm³/mol. The van der Waals surface area contributed by atoms with Crippen LogP contribution in [0.25, 0.3) is 68.7 Å². The van der Waals surface area contributed by atoms with Crippen LogP contribution < -0.4 is 4.90 Å². The summed E-state index contributed by atoms with van der Waals surface area (Å²) >= 11 is 0.316. The van der Waals surface area contributed by atoms with Crippen LogP contribution in [-0.4, -0.2) is 19.1 Å². The Morgan fingerprint density at radius 2 is 1.06 bits per heavy atom. The topological polar surface area (TPSA) is 8.17 Å². The molecule has 0 spiro atoms. The third-order valence-electron chi connectivity index (χ3n) is 9.75. The molecule has 0 saturated heterocycles. The van der Waals surface area contributed by atoms with Crippen molar-refractivity contribution in [1.82, 2.24) is 4.57 Å². The van der Waals surface area contributed by atoms with Gasteiger partial charge in [-0.3, -0.25) is 0 Å². The number of hydrogen-bond donors (Lipinski definition) is 0. The molecule has 0 fully saturated rings. The number of aromatic nitrogens is 1. The first-order valence-corrected chi connectivity index (χ1v) is 18.4. The summed E-state index contributed by atoms with van der Waals surface area (Å²) in [5.41, 5.74) is 9.42. The molecule has 0 unspecified atom stereocenters. The van der Waals surface area contributed by atoms with Gasteiger partial charge in [0.1, 0.15) is 0 Å². The Balaban J connectivity index is 1.24. The van der Waals surface area contributed by atoms with Crippen molar-refractivity contribution in [2.75, 3.05) is 4.90 Å². The van der Waals surface area contributed by atoms with Crippen molar-refractivity contribution in [2.24, 2.45) is 0 Å². The second-order valence-corrected chi connectivity index (χ2v) is 14.9. The van der Waals surface area contributed by atoms with Crippen molar-refractivity contribution in [3.63, 3.8) is 0 Å². The van der Waals surface area contributed by atoms with E-state index in [-0.39, 0.29) is 0 Å². The van der Waals surface area contributed by atoms with E-state index in [2.05, 4.69) is 191 Å². The molecule has 0 saturated carbocycles. The number of para-hydroxylation sites is 3. The van der Waals surface area contributed by atoms with Gasteiger partial charge in [0, 0.05) is 0 Å². The van der Waals surface area contributed by atoms with Gasteiger partial charge in [-0.15, -0.1) is 0 Å². The minimum Gasteiger partial charge on any atom is -0.0602 e. The number of nitrogens with zero attached hydrogens (tertiary/aromatic N) is 2. The number of rotatable bonds is 5. The van der Waals surface area contributed by atoms with Gasteiger partial charge in [-0.2, -0.15) is 0 Å². The van der Waals surface area contributed by atoms with Crippen molar-refractivity contribution in [2.45, 2.75) is 0 Å². The van der Waals surface area contributed by atoms with Crippen LogP contribution in [-0.2, 0) is 0 Å². The third-order valence-corrected chi connectivity index (χ3v) is 12.2. The van der Waals surface area contributed by atoms with Gasteiger partial charge in [0.15, 0.2) is 0 Å². The second-order valence-electron chi connectivity index (χ2n) is 12.6. The molecule has 2 nitrogen and oxygen atoms in total. The Morgan fingerprint density at radius 1 is 0.408 bits per heavy atom. The summed E-state index contributed by atoms with van der Waals surface area (Å²) in [7, 11) is 0. The van der Waals surface area contributed by atoms with Gasteiger partial charge < -0.3 is 0 Å².